The standard InChI is InChI=1S/C19H21N5O3S2/c1-13-17(18(25)24(23(13)2)15-6-4-3-5-7-15)22-19(28)21-12-14-8-10-16(11-9-14)29(20,26)27/h3-11H,12H2,1-2H3,(H2,20,26,27)(H2,21,22,28). The van der Waals surface area contributed by atoms with Crippen molar-refractivity contribution in [3.8, 4) is 5.69 Å². The van der Waals surface area contributed by atoms with Crippen LogP contribution in [0.5, 0.6) is 0 Å². The second-order valence-corrected chi connectivity index (χ2v) is 8.40. The number of benzene rings is 2. The van der Waals surface area contributed by atoms with Gasteiger partial charge in [-0.1, -0.05) is 30.3 Å². The van der Waals surface area contributed by atoms with Crippen molar-refractivity contribution in [3.05, 3.63) is 76.2 Å². The molecule has 2 aromatic carbocycles. The number of nitrogens with one attached hydrogen (secondary N) is 2. The Kier molecular flexibility index (Phi) is 5.87. The van der Waals surface area contributed by atoms with Crippen molar-refractivity contribution >= 4 is 33.0 Å². The lowest BCUT2D eigenvalue weighted by Gasteiger charge is -2.10. The predicted octanol–water partition coefficient (Wildman–Crippen LogP) is 1.62. The third-order valence-corrected chi connectivity index (χ3v) is 5.67. The summed E-state index contributed by atoms with van der Waals surface area (Å²) in [6, 6.07) is 15.5. The number of nitrogens with two attached hydrogens (primary N) is 1. The summed E-state index contributed by atoms with van der Waals surface area (Å²) in [5, 5.41) is 11.4. The lowest BCUT2D eigenvalue weighted by atomic mass is 10.2. The van der Waals surface area contributed by atoms with E-state index in [1.54, 1.807) is 28.5 Å². The Balaban J connectivity index is 1.72. The van der Waals surface area contributed by atoms with Gasteiger partial charge >= 0.3 is 0 Å². The third kappa shape index (κ3) is 4.56. The van der Waals surface area contributed by atoms with Gasteiger partial charge in [0.1, 0.15) is 5.69 Å². The first kappa shape index (κ1) is 20.8. The molecule has 0 saturated carbocycles. The molecule has 4 N–H and O–H groups in total. The highest BCUT2D eigenvalue weighted by molar-refractivity contribution is 7.89. The van der Waals surface area contributed by atoms with Gasteiger partial charge in [-0.2, -0.15) is 0 Å². The van der Waals surface area contributed by atoms with Gasteiger partial charge in [0.25, 0.3) is 5.56 Å². The molecule has 0 atom stereocenters. The number of sulfonamides is 1. The van der Waals surface area contributed by atoms with Crippen molar-refractivity contribution in [3.63, 3.8) is 0 Å². The van der Waals surface area contributed by atoms with Gasteiger partial charge in [-0.25, -0.2) is 18.2 Å². The molecule has 0 spiro atoms. The molecule has 0 bridgehead atoms. The predicted molar refractivity (Wildman–Crippen MR) is 117 cm³/mol. The van der Waals surface area contributed by atoms with E-state index in [9.17, 15) is 13.2 Å². The Morgan fingerprint density at radius 1 is 1.10 bits per heavy atom. The van der Waals surface area contributed by atoms with Crippen LogP contribution in [0.3, 0.4) is 0 Å². The molecule has 0 aliphatic rings. The average molecular weight is 432 g/mol. The molecular weight excluding hydrogens is 410 g/mol. The summed E-state index contributed by atoms with van der Waals surface area (Å²) in [4.78, 5) is 12.9. The SMILES string of the molecule is Cc1c(NC(=S)NCc2ccc(S(N)(=O)=O)cc2)c(=O)n(-c2ccccc2)n1C. The van der Waals surface area contributed by atoms with Gasteiger partial charge in [-0.05, 0) is 49.0 Å². The van der Waals surface area contributed by atoms with E-state index in [0.717, 1.165) is 16.9 Å². The second-order valence-electron chi connectivity index (χ2n) is 6.43. The third-order valence-electron chi connectivity index (χ3n) is 4.50. The zero-order chi connectivity index (χ0) is 21.2. The summed E-state index contributed by atoms with van der Waals surface area (Å²) in [6.07, 6.45) is 0. The largest absolute Gasteiger partial charge is 0.358 e. The van der Waals surface area contributed by atoms with Gasteiger partial charge in [0.2, 0.25) is 10.0 Å². The Hall–Kier alpha value is -2.95. The van der Waals surface area contributed by atoms with E-state index < -0.39 is 10.0 Å². The van der Waals surface area contributed by atoms with E-state index in [-0.39, 0.29) is 15.6 Å². The summed E-state index contributed by atoms with van der Waals surface area (Å²) < 4.78 is 25.9. The summed E-state index contributed by atoms with van der Waals surface area (Å²) in [5.74, 6) is 0. The molecule has 0 radical (unpaired) electrons. The minimum absolute atomic E-state index is 0.0447. The quantitative estimate of drug-likeness (QED) is 0.530. The van der Waals surface area contributed by atoms with Crippen molar-refractivity contribution in [1.82, 2.24) is 14.7 Å². The van der Waals surface area contributed by atoms with Crippen LogP contribution in [0.1, 0.15) is 11.3 Å². The fraction of sp³-hybridized carbons (Fsp3) is 0.158. The number of hydrogen-bond acceptors (Lipinski definition) is 4. The van der Waals surface area contributed by atoms with Crippen molar-refractivity contribution in [1.29, 1.82) is 0 Å². The van der Waals surface area contributed by atoms with E-state index >= 15 is 0 Å². The number of rotatable bonds is 5. The molecule has 3 rings (SSSR count). The Bertz CT molecular complexity index is 1200. The van der Waals surface area contributed by atoms with Crippen LogP contribution in [0.4, 0.5) is 5.69 Å². The number of nitrogens with zero attached hydrogens (tertiary/aromatic N) is 2. The topological polar surface area (TPSA) is 111 Å². The molecule has 29 heavy (non-hydrogen) atoms. The molecular formula is C19H21N5O3S2. The maximum Gasteiger partial charge on any atom is 0.295 e. The molecule has 1 aromatic heterocycles. The Morgan fingerprint density at radius 2 is 1.72 bits per heavy atom. The van der Waals surface area contributed by atoms with E-state index in [4.69, 9.17) is 17.4 Å². The monoisotopic (exact) mass is 431 g/mol. The summed E-state index contributed by atoms with van der Waals surface area (Å²) in [5.41, 5.74) is 2.48. The highest BCUT2D eigenvalue weighted by Crippen LogP contribution is 2.14. The maximum absolute atomic E-state index is 12.9. The smallest absolute Gasteiger partial charge is 0.295 e. The van der Waals surface area contributed by atoms with Crippen LogP contribution < -0.4 is 21.3 Å². The van der Waals surface area contributed by atoms with Crippen LogP contribution in [0.2, 0.25) is 0 Å². The first-order valence-corrected chi connectivity index (χ1v) is 10.6. The van der Waals surface area contributed by atoms with Crippen LogP contribution in [-0.4, -0.2) is 22.9 Å². The van der Waals surface area contributed by atoms with Crippen molar-refractivity contribution in [2.24, 2.45) is 12.2 Å². The minimum atomic E-state index is -3.72. The van der Waals surface area contributed by atoms with Gasteiger partial charge in [0.05, 0.1) is 16.3 Å². The molecule has 1 heterocycles. The molecule has 0 saturated heterocycles. The molecule has 0 aliphatic carbocycles. The fourth-order valence-corrected chi connectivity index (χ4v) is 3.54. The van der Waals surface area contributed by atoms with Gasteiger partial charge in [0.15, 0.2) is 5.11 Å². The normalized spacial score (nSPS) is 11.3. The van der Waals surface area contributed by atoms with Crippen molar-refractivity contribution in [2.45, 2.75) is 18.4 Å². The van der Waals surface area contributed by atoms with Crippen molar-refractivity contribution in [2.75, 3.05) is 5.32 Å². The summed E-state index contributed by atoms with van der Waals surface area (Å²) >= 11 is 5.31. The van der Waals surface area contributed by atoms with Gasteiger partial charge in [0, 0.05) is 13.6 Å². The number of hydrogen-bond donors (Lipinski definition) is 3. The molecule has 152 valence electrons. The molecule has 0 unspecified atom stereocenters. The molecule has 0 fully saturated rings. The van der Waals surface area contributed by atoms with Crippen molar-refractivity contribution < 1.29 is 8.42 Å². The fourth-order valence-electron chi connectivity index (χ4n) is 2.85. The zero-order valence-corrected chi connectivity index (χ0v) is 17.5. The first-order valence-electron chi connectivity index (χ1n) is 8.69. The molecule has 3 aromatic rings. The number of para-hydroxylation sites is 1. The molecule has 0 amide bonds. The summed E-state index contributed by atoms with van der Waals surface area (Å²) in [7, 11) is -1.92. The van der Waals surface area contributed by atoms with E-state index in [1.807, 2.05) is 37.3 Å². The number of thiocarbonyl (C=S) groups is 1. The van der Waals surface area contributed by atoms with Crippen LogP contribution in [0.15, 0.2) is 64.3 Å². The Labute approximate surface area is 174 Å². The number of aromatic nitrogens is 2. The van der Waals surface area contributed by atoms with Gasteiger partial charge in [-0.3, -0.25) is 9.48 Å². The number of primary sulfonamides is 1. The number of anilines is 1. The Morgan fingerprint density at radius 3 is 2.31 bits per heavy atom. The maximum atomic E-state index is 12.9. The van der Waals surface area contributed by atoms with Crippen LogP contribution >= 0.6 is 12.2 Å². The first-order chi connectivity index (χ1) is 13.7. The lowest BCUT2D eigenvalue weighted by Crippen LogP contribution is -2.30. The van der Waals surface area contributed by atoms with Crippen LogP contribution in [0, 0.1) is 6.92 Å². The molecule has 10 heteroatoms. The highest BCUT2D eigenvalue weighted by atomic mass is 32.2. The van der Waals surface area contributed by atoms with E-state index in [2.05, 4.69) is 10.6 Å². The lowest BCUT2D eigenvalue weighted by molar-refractivity contribution is 0.597. The van der Waals surface area contributed by atoms with E-state index in [1.165, 1.54) is 12.1 Å². The molecule has 8 nitrogen and oxygen atoms in total. The van der Waals surface area contributed by atoms with E-state index in [0.29, 0.717) is 12.2 Å². The van der Waals surface area contributed by atoms with Gasteiger partial charge < -0.3 is 10.6 Å². The van der Waals surface area contributed by atoms with Crippen LogP contribution in [0.25, 0.3) is 5.69 Å². The van der Waals surface area contributed by atoms with Crippen LogP contribution in [-0.2, 0) is 23.6 Å². The minimum Gasteiger partial charge on any atom is -0.358 e. The highest BCUT2D eigenvalue weighted by Gasteiger charge is 2.16. The zero-order valence-electron chi connectivity index (χ0n) is 15.9. The average Bonchev–Trinajstić information content (AvgIpc) is 2.90. The summed E-state index contributed by atoms with van der Waals surface area (Å²) in [6.45, 7) is 2.19. The van der Waals surface area contributed by atoms with Gasteiger partial charge in [-0.15, -0.1) is 0 Å². The second kappa shape index (κ2) is 8.19. The molecule has 0 aliphatic heterocycles.